The Balaban J connectivity index is 0.00000363. The lowest BCUT2D eigenvalue weighted by Gasteiger charge is -2.22. The van der Waals surface area contributed by atoms with Crippen LogP contribution in [0.4, 0.5) is 20.2 Å². The first-order valence-electron chi connectivity index (χ1n) is 11.5. The summed E-state index contributed by atoms with van der Waals surface area (Å²) >= 11 is 0. The summed E-state index contributed by atoms with van der Waals surface area (Å²) < 4.78 is 32.8. The molecule has 2 unspecified atom stereocenters. The minimum Gasteiger partial charge on any atom is -1.00 e. The first-order valence-corrected chi connectivity index (χ1v) is 11.5. The van der Waals surface area contributed by atoms with E-state index in [-0.39, 0.29) is 36.1 Å². The molecule has 0 aromatic heterocycles. The first-order chi connectivity index (χ1) is 14.6. The topological polar surface area (TPSA) is 6.25 Å². The molecule has 0 spiro atoms. The molecule has 1 aliphatic heterocycles. The second kappa shape index (κ2) is 10.3. The minimum atomic E-state index is -1.77. The molecule has 5 heteroatoms. The fraction of sp³-hybridized carbons (Fsp3) is 0.519. The van der Waals surface area contributed by atoms with Crippen molar-refractivity contribution in [2.24, 2.45) is 0 Å². The third kappa shape index (κ3) is 4.71. The lowest BCUT2D eigenvalue weighted by Crippen LogP contribution is -3.00. The molecule has 1 aliphatic rings. The van der Waals surface area contributed by atoms with Crippen molar-refractivity contribution >= 4 is 17.7 Å². The van der Waals surface area contributed by atoms with Crippen LogP contribution < -0.4 is 17.3 Å². The molecule has 2 aromatic rings. The maximum Gasteiger partial charge on any atom is 0.310 e. The van der Waals surface area contributed by atoms with Crippen molar-refractivity contribution in [1.82, 2.24) is 0 Å². The third-order valence-corrected chi connectivity index (χ3v) is 6.21. The summed E-state index contributed by atoms with van der Waals surface area (Å²) in [6.45, 7) is 16.8. The van der Waals surface area contributed by atoms with Gasteiger partial charge in [-0.1, -0.05) is 91.8 Å². The summed E-state index contributed by atoms with van der Waals surface area (Å²) in [4.78, 5) is 1.52. The first kappa shape index (κ1) is 26.3. The van der Waals surface area contributed by atoms with Crippen LogP contribution in [0.3, 0.4) is 0 Å². The van der Waals surface area contributed by atoms with Crippen molar-refractivity contribution in [3.8, 4) is 0 Å². The van der Waals surface area contributed by atoms with Gasteiger partial charge in [-0.05, 0) is 23.7 Å². The Morgan fingerprint density at radius 3 is 1.44 bits per heavy atom. The quantitative estimate of drug-likeness (QED) is 0.434. The molecule has 0 fully saturated rings. The highest BCUT2D eigenvalue weighted by atomic mass is 35.5. The van der Waals surface area contributed by atoms with Gasteiger partial charge >= 0.3 is 12.6 Å². The number of nitrogens with zero attached hydrogens (tertiary/aromatic N) is 2. The maximum atomic E-state index is 15.6. The van der Waals surface area contributed by atoms with Crippen molar-refractivity contribution in [2.75, 3.05) is 4.90 Å². The standard InChI is InChI=1S/C27H37F2N2.ClH/c1-16(2)20-11-9-12-21(17(3)4)24(20)30-15-31(27(29)26(30)28)25-22(18(5)6)13-10-14-23(25)19(7)8;/h9-19,26-27H,1-8H3;1H/q+1;/p-1. The number of rotatable bonds is 6. The second-order valence-corrected chi connectivity index (χ2v) is 9.86. The highest BCUT2D eigenvalue weighted by molar-refractivity contribution is 5.83. The third-order valence-electron chi connectivity index (χ3n) is 6.21. The van der Waals surface area contributed by atoms with Crippen LogP contribution in [0.1, 0.15) is 101 Å². The minimum absolute atomic E-state index is 0. The van der Waals surface area contributed by atoms with Gasteiger partial charge in [-0.3, -0.25) is 0 Å². The van der Waals surface area contributed by atoms with Gasteiger partial charge in [0, 0.05) is 22.3 Å². The molecule has 0 saturated heterocycles. The Hall–Kier alpha value is -1.94. The van der Waals surface area contributed by atoms with Gasteiger partial charge < -0.3 is 12.4 Å². The molecule has 0 radical (unpaired) electrons. The summed E-state index contributed by atoms with van der Waals surface area (Å²) in [7, 11) is 0. The molecule has 0 N–H and O–H groups in total. The van der Waals surface area contributed by atoms with Gasteiger partial charge in [-0.15, -0.1) is 0 Å². The van der Waals surface area contributed by atoms with Crippen LogP contribution in [0, 0.1) is 0 Å². The highest BCUT2D eigenvalue weighted by Gasteiger charge is 2.47. The monoisotopic (exact) mass is 462 g/mol. The van der Waals surface area contributed by atoms with Crippen molar-refractivity contribution in [1.29, 1.82) is 0 Å². The molecular weight excluding hydrogens is 426 g/mol. The van der Waals surface area contributed by atoms with Gasteiger partial charge in [0.1, 0.15) is 11.4 Å². The van der Waals surface area contributed by atoms with Crippen molar-refractivity contribution in [3.63, 3.8) is 0 Å². The van der Waals surface area contributed by atoms with Gasteiger partial charge in [0.15, 0.2) is 0 Å². The van der Waals surface area contributed by atoms with Gasteiger partial charge in [0.05, 0.1) is 0 Å². The molecule has 1 heterocycles. The van der Waals surface area contributed by atoms with Crippen LogP contribution in [0.25, 0.3) is 0 Å². The van der Waals surface area contributed by atoms with E-state index in [2.05, 4.69) is 55.4 Å². The number of anilines is 1. The van der Waals surface area contributed by atoms with E-state index in [1.54, 1.807) is 6.34 Å². The molecule has 2 nitrogen and oxygen atoms in total. The van der Waals surface area contributed by atoms with E-state index in [4.69, 9.17) is 0 Å². The maximum absolute atomic E-state index is 15.6. The fourth-order valence-corrected chi connectivity index (χ4v) is 4.51. The van der Waals surface area contributed by atoms with E-state index in [0.29, 0.717) is 0 Å². The van der Waals surface area contributed by atoms with Crippen LogP contribution in [0.2, 0.25) is 0 Å². The van der Waals surface area contributed by atoms with E-state index in [0.717, 1.165) is 33.6 Å². The van der Waals surface area contributed by atoms with Gasteiger partial charge in [0.2, 0.25) is 6.34 Å². The Labute approximate surface area is 198 Å². The summed E-state index contributed by atoms with van der Waals surface area (Å²) in [6.07, 6.45) is -1.87. The smallest absolute Gasteiger partial charge is 0.310 e. The van der Waals surface area contributed by atoms with Gasteiger partial charge in [-0.25, -0.2) is 0 Å². The van der Waals surface area contributed by atoms with Gasteiger partial charge in [0.25, 0.3) is 0 Å². The number of benzene rings is 2. The normalized spacial score (nSPS) is 18.7. The largest absolute Gasteiger partial charge is 1.00 e. The molecule has 0 saturated carbocycles. The molecule has 2 aromatic carbocycles. The molecule has 3 rings (SSSR count). The lowest BCUT2D eigenvalue weighted by molar-refractivity contribution is -0.513. The second-order valence-electron chi connectivity index (χ2n) is 9.86. The molecule has 176 valence electrons. The lowest BCUT2D eigenvalue weighted by atomic mass is 9.92. The molecule has 0 bridgehead atoms. The van der Waals surface area contributed by atoms with E-state index in [1.807, 2.05) is 36.4 Å². The van der Waals surface area contributed by atoms with E-state index >= 15 is 8.78 Å². The number of para-hydroxylation sites is 2. The zero-order valence-corrected chi connectivity index (χ0v) is 21.3. The molecule has 32 heavy (non-hydrogen) atoms. The number of hydrogen-bond donors (Lipinski definition) is 0. The molecule has 2 atom stereocenters. The van der Waals surface area contributed by atoms with Crippen LogP contribution in [-0.4, -0.2) is 23.5 Å². The predicted molar refractivity (Wildman–Crippen MR) is 127 cm³/mol. The van der Waals surface area contributed by atoms with Crippen LogP contribution in [0.5, 0.6) is 0 Å². The van der Waals surface area contributed by atoms with Crippen LogP contribution in [-0.2, 0) is 0 Å². The molecule has 0 aliphatic carbocycles. The van der Waals surface area contributed by atoms with Crippen molar-refractivity contribution in [3.05, 3.63) is 58.7 Å². The summed E-state index contributed by atoms with van der Waals surface area (Å²) in [5.41, 5.74) is 5.78. The number of hydrogen-bond acceptors (Lipinski definition) is 1. The Morgan fingerprint density at radius 1 is 0.688 bits per heavy atom. The van der Waals surface area contributed by atoms with Crippen LogP contribution in [0.15, 0.2) is 36.4 Å². The Bertz CT molecular complexity index is 914. The summed E-state index contributed by atoms with van der Waals surface area (Å²) in [6, 6.07) is 12.2. The van der Waals surface area contributed by atoms with Crippen molar-refractivity contribution in [2.45, 2.75) is 91.7 Å². The van der Waals surface area contributed by atoms with Crippen LogP contribution >= 0.6 is 0 Å². The molecule has 0 amide bonds. The highest BCUT2D eigenvalue weighted by Crippen LogP contribution is 2.42. The van der Waals surface area contributed by atoms with Crippen molar-refractivity contribution < 1.29 is 25.8 Å². The van der Waals surface area contributed by atoms with Gasteiger partial charge in [-0.2, -0.15) is 18.3 Å². The Morgan fingerprint density at radius 2 is 1.06 bits per heavy atom. The van der Waals surface area contributed by atoms with E-state index in [1.165, 1.54) is 9.48 Å². The predicted octanol–water partition coefficient (Wildman–Crippen LogP) is 4.97. The zero-order valence-electron chi connectivity index (χ0n) is 20.5. The van der Waals surface area contributed by atoms with E-state index < -0.39 is 12.6 Å². The summed E-state index contributed by atoms with van der Waals surface area (Å²) in [5.74, 6) is 0.817. The summed E-state index contributed by atoms with van der Waals surface area (Å²) in [5, 5.41) is 0. The fourth-order valence-electron chi connectivity index (χ4n) is 4.51. The SMILES string of the molecule is CC(C)c1cccc(C(C)C)c1N1C=[N+](c2c(C(C)C)cccc2C(C)C)C(F)C1F.[Cl-]. The zero-order chi connectivity index (χ0) is 23.0. The Kier molecular flexibility index (Phi) is 8.50. The average Bonchev–Trinajstić information content (AvgIpc) is 3.00. The van der Waals surface area contributed by atoms with E-state index in [9.17, 15) is 0 Å². The number of alkyl halides is 2. The molecular formula is C27H37ClF2N2. The number of halogens is 3. The average molecular weight is 463 g/mol.